The van der Waals surface area contributed by atoms with Crippen molar-refractivity contribution in [3.8, 4) is 17.6 Å². The molecule has 200 valence electrons. The van der Waals surface area contributed by atoms with Gasteiger partial charge in [0.05, 0.1) is 31.1 Å². The Labute approximate surface area is 218 Å². The molecule has 1 saturated heterocycles. The largest absolute Gasteiger partial charge is 0.497 e. The molecule has 3 aromatic rings. The van der Waals surface area contributed by atoms with Gasteiger partial charge in [-0.2, -0.15) is 0 Å². The van der Waals surface area contributed by atoms with Crippen LogP contribution in [0.5, 0.6) is 5.75 Å². The highest BCUT2D eigenvalue weighted by Crippen LogP contribution is 2.30. The maximum absolute atomic E-state index is 13.5. The summed E-state index contributed by atoms with van der Waals surface area (Å²) in [6.45, 7) is 0.859. The van der Waals surface area contributed by atoms with Gasteiger partial charge >= 0.3 is 0 Å². The van der Waals surface area contributed by atoms with E-state index in [-0.39, 0.29) is 17.5 Å². The normalized spacial score (nSPS) is 17.6. The lowest BCUT2D eigenvalue weighted by Gasteiger charge is -2.38. The highest BCUT2D eigenvalue weighted by Gasteiger charge is 2.31. The van der Waals surface area contributed by atoms with Crippen LogP contribution in [0, 0.1) is 35.2 Å². The molecule has 2 heterocycles. The summed E-state index contributed by atoms with van der Waals surface area (Å²) >= 11 is 0. The summed E-state index contributed by atoms with van der Waals surface area (Å²) in [6, 6.07) is 7.34. The Morgan fingerprint density at radius 3 is 2.74 bits per heavy atom. The van der Waals surface area contributed by atoms with Crippen molar-refractivity contribution in [1.29, 1.82) is 0 Å². The van der Waals surface area contributed by atoms with Crippen LogP contribution >= 0.6 is 0 Å². The highest BCUT2D eigenvalue weighted by atomic mass is 19.2. The minimum atomic E-state index is -1.53. The van der Waals surface area contributed by atoms with E-state index >= 15 is 0 Å². The maximum atomic E-state index is 13.5. The molecule has 1 fully saturated rings. The molecule has 2 unspecified atom stereocenters. The Morgan fingerprint density at radius 2 is 2.03 bits per heavy atom. The number of hydrogen-bond acceptors (Lipinski definition) is 6. The quantitative estimate of drug-likeness (QED) is 0.185. The molecule has 0 spiro atoms. The number of fused-ring (bicyclic) bond motifs is 1. The number of carbonyl (C=O) groups excluding carboxylic acids is 1. The number of piperidine rings is 1. The number of methoxy groups -OCH3 is 1. The van der Waals surface area contributed by atoms with E-state index in [0.29, 0.717) is 43.8 Å². The number of carbonyl (C=O) groups is 1. The fraction of sp³-hybridized carbons (Fsp3) is 0.357. The molecule has 0 radical (unpaired) electrons. The average Bonchev–Trinajstić information content (AvgIpc) is 2.92. The molecule has 2 atom stereocenters. The zero-order chi connectivity index (χ0) is 27.2. The lowest BCUT2D eigenvalue weighted by atomic mass is 9.87. The predicted molar refractivity (Wildman–Crippen MR) is 137 cm³/mol. The van der Waals surface area contributed by atoms with Gasteiger partial charge in [-0.05, 0) is 68.0 Å². The Balaban J connectivity index is 1.48. The van der Waals surface area contributed by atoms with Gasteiger partial charge in [-0.1, -0.05) is 11.8 Å². The Bertz CT molecular complexity index is 1370. The van der Waals surface area contributed by atoms with E-state index in [9.17, 15) is 18.0 Å². The number of likely N-dealkylation sites (tertiary alicyclic amines) is 1. The van der Waals surface area contributed by atoms with E-state index in [1.54, 1.807) is 18.8 Å². The molecule has 1 amide bonds. The average molecular weight is 527 g/mol. The van der Waals surface area contributed by atoms with Gasteiger partial charge in [0.25, 0.3) is 0 Å². The van der Waals surface area contributed by atoms with Crippen molar-refractivity contribution in [3.63, 3.8) is 0 Å². The van der Waals surface area contributed by atoms with Crippen molar-refractivity contribution in [2.45, 2.75) is 38.1 Å². The van der Waals surface area contributed by atoms with E-state index in [0.717, 1.165) is 41.4 Å². The number of nitrogen functional groups attached to an aromatic ring is 1. The summed E-state index contributed by atoms with van der Waals surface area (Å²) in [5.41, 5.74) is 10.4. The first-order valence-corrected chi connectivity index (χ1v) is 12.3. The topological polar surface area (TPSA) is 101 Å². The monoisotopic (exact) mass is 526 g/mol. The molecule has 2 aromatic carbocycles. The number of hydroxylamine groups is 1. The predicted octanol–water partition coefficient (Wildman–Crippen LogP) is 4.20. The molecule has 4 N–H and O–H groups in total. The molecule has 4 rings (SSSR count). The minimum Gasteiger partial charge on any atom is -0.497 e. The van der Waals surface area contributed by atoms with Crippen LogP contribution in [0.4, 0.5) is 18.9 Å². The molecule has 1 aliphatic heterocycles. The van der Waals surface area contributed by atoms with Crippen LogP contribution in [0.25, 0.3) is 10.9 Å². The Kier molecular flexibility index (Phi) is 8.71. The van der Waals surface area contributed by atoms with Gasteiger partial charge in [0.1, 0.15) is 5.75 Å². The van der Waals surface area contributed by atoms with E-state index in [2.05, 4.69) is 21.7 Å². The molecule has 7 nitrogen and oxygen atoms in total. The molecule has 38 heavy (non-hydrogen) atoms. The van der Waals surface area contributed by atoms with Crippen molar-refractivity contribution >= 4 is 22.5 Å². The third-order valence-electron chi connectivity index (χ3n) is 7.00. The first-order valence-electron chi connectivity index (χ1n) is 12.3. The van der Waals surface area contributed by atoms with E-state index in [1.807, 2.05) is 18.2 Å². The SMILES string of the molecule is COc1ccc2ncc(N)c(CCCC3CC(C(=O)NO)CCN3CC#Cc3cc(F)c(F)c(F)c3)c2c1. The molecule has 0 aliphatic carbocycles. The van der Waals surface area contributed by atoms with Crippen LogP contribution in [0.3, 0.4) is 0 Å². The number of nitrogens with one attached hydrogen (secondary N) is 1. The molecule has 1 aliphatic rings. The number of ether oxygens (including phenoxy) is 1. The number of aryl methyl sites for hydroxylation is 1. The maximum Gasteiger partial charge on any atom is 0.246 e. The summed E-state index contributed by atoms with van der Waals surface area (Å²) in [6.07, 6.45) is 4.87. The summed E-state index contributed by atoms with van der Waals surface area (Å²) in [7, 11) is 1.60. The number of nitrogens with zero attached hydrogens (tertiary/aromatic N) is 2. The number of aromatic nitrogens is 1. The lowest BCUT2D eigenvalue weighted by Crippen LogP contribution is -2.46. The number of amides is 1. The number of halogens is 3. The van der Waals surface area contributed by atoms with E-state index < -0.39 is 23.4 Å². The standard InChI is InChI=1S/C28H29F3N4O3/c1-38-20-7-8-26-22(15-20)21(25(32)16-33-26)6-2-5-19-14-18(28(36)34-37)9-11-35(19)10-3-4-17-12-23(29)27(31)24(30)13-17/h7-8,12-13,15-16,18-19,37H,2,5-6,9-11,14,32H2,1H3,(H,34,36). The summed E-state index contributed by atoms with van der Waals surface area (Å²) in [4.78, 5) is 18.6. The van der Waals surface area contributed by atoms with Crippen molar-refractivity contribution < 1.29 is 27.9 Å². The van der Waals surface area contributed by atoms with Gasteiger partial charge in [-0.3, -0.25) is 19.9 Å². The molecule has 0 saturated carbocycles. The van der Waals surface area contributed by atoms with Crippen LogP contribution < -0.4 is 16.0 Å². The summed E-state index contributed by atoms with van der Waals surface area (Å²) < 4.78 is 45.6. The first kappa shape index (κ1) is 27.2. The fourth-order valence-corrected chi connectivity index (χ4v) is 4.97. The van der Waals surface area contributed by atoms with Crippen LogP contribution in [-0.4, -0.2) is 47.2 Å². The zero-order valence-electron chi connectivity index (χ0n) is 20.9. The number of rotatable bonds is 7. The van der Waals surface area contributed by atoms with Gasteiger partial charge in [0.2, 0.25) is 5.91 Å². The van der Waals surface area contributed by atoms with Crippen molar-refractivity contribution in [1.82, 2.24) is 15.4 Å². The second-order valence-electron chi connectivity index (χ2n) is 9.34. The van der Waals surface area contributed by atoms with Gasteiger partial charge in [-0.25, -0.2) is 18.7 Å². The summed E-state index contributed by atoms with van der Waals surface area (Å²) in [5, 5.41) is 10.0. The van der Waals surface area contributed by atoms with Crippen molar-refractivity contribution in [2.75, 3.05) is 25.9 Å². The molecule has 10 heteroatoms. The van der Waals surface area contributed by atoms with Gasteiger partial charge < -0.3 is 10.5 Å². The smallest absolute Gasteiger partial charge is 0.246 e. The third-order valence-corrected chi connectivity index (χ3v) is 7.00. The second kappa shape index (κ2) is 12.2. The number of nitrogens with two attached hydrogens (primary N) is 1. The molecular weight excluding hydrogens is 497 g/mol. The van der Waals surface area contributed by atoms with Crippen LogP contribution in [0.2, 0.25) is 0 Å². The van der Waals surface area contributed by atoms with E-state index in [4.69, 9.17) is 15.7 Å². The Morgan fingerprint density at radius 1 is 1.26 bits per heavy atom. The minimum absolute atomic E-state index is 0.0223. The number of pyridine rings is 1. The molecule has 0 bridgehead atoms. The first-order chi connectivity index (χ1) is 18.3. The van der Waals surface area contributed by atoms with Crippen molar-refractivity contribution in [2.24, 2.45) is 5.92 Å². The highest BCUT2D eigenvalue weighted by molar-refractivity contribution is 5.87. The second-order valence-corrected chi connectivity index (χ2v) is 9.34. The van der Waals surface area contributed by atoms with Crippen molar-refractivity contribution in [3.05, 3.63) is 65.1 Å². The zero-order valence-corrected chi connectivity index (χ0v) is 20.9. The third kappa shape index (κ3) is 6.18. The molecular formula is C28H29F3N4O3. The van der Waals surface area contributed by atoms with Crippen LogP contribution in [0.15, 0.2) is 36.5 Å². The van der Waals surface area contributed by atoms with Gasteiger partial charge in [-0.15, -0.1) is 0 Å². The van der Waals surface area contributed by atoms with E-state index in [1.165, 1.54) is 0 Å². The number of benzene rings is 2. The molecule has 1 aromatic heterocycles. The Hall–Kier alpha value is -3.81. The van der Waals surface area contributed by atoms with Crippen LogP contribution in [-0.2, 0) is 11.2 Å². The fourth-order valence-electron chi connectivity index (χ4n) is 4.97. The van der Waals surface area contributed by atoms with Gasteiger partial charge in [0, 0.05) is 29.5 Å². The number of anilines is 1. The lowest BCUT2D eigenvalue weighted by molar-refractivity contribution is -0.135. The summed E-state index contributed by atoms with van der Waals surface area (Å²) in [5.74, 6) is 1.45. The van der Waals surface area contributed by atoms with Crippen LogP contribution in [0.1, 0.15) is 36.8 Å². The van der Waals surface area contributed by atoms with Gasteiger partial charge in [0.15, 0.2) is 17.5 Å². The number of hydrogen-bond donors (Lipinski definition) is 3.